The summed E-state index contributed by atoms with van der Waals surface area (Å²) in [5.74, 6) is -1.93. The van der Waals surface area contributed by atoms with Crippen LogP contribution in [0.3, 0.4) is 0 Å². The number of fused-ring (bicyclic) bond motifs is 1. The number of benzene rings is 2. The first-order valence-electron chi connectivity index (χ1n) is 13.6. The molecule has 41 heavy (non-hydrogen) atoms. The molecule has 0 bridgehead atoms. The van der Waals surface area contributed by atoms with E-state index in [0.29, 0.717) is 36.4 Å². The second kappa shape index (κ2) is 10.3. The molecular weight excluding hydrogens is 559 g/mol. The third-order valence-electron chi connectivity index (χ3n) is 8.23. The Labute approximate surface area is 238 Å². The third-order valence-corrected chi connectivity index (χ3v) is 10.1. The van der Waals surface area contributed by atoms with Crippen LogP contribution in [0.15, 0.2) is 47.4 Å². The van der Waals surface area contributed by atoms with E-state index in [1.165, 1.54) is 22.0 Å². The van der Waals surface area contributed by atoms with E-state index < -0.39 is 33.8 Å². The van der Waals surface area contributed by atoms with Crippen LogP contribution in [-0.2, 0) is 44.5 Å². The standard InChI is InChI=1S/C29H34F3N3O5S/c1-27(2,3)23-7-4-20(5-8-23)17-34-19-28(40-26(34)37)11-14-35(15-12-28)41(38,39)24-9-6-21-10-13-33(18-22(21)16-24)25(36)29(30,31)32/h4-9,16H,10-15,17-19H2,1-3H3. The van der Waals surface area contributed by atoms with Gasteiger partial charge < -0.3 is 9.64 Å². The molecule has 2 aromatic rings. The molecule has 0 aromatic heterocycles. The number of alkyl halides is 3. The van der Waals surface area contributed by atoms with Crippen molar-refractivity contribution in [2.45, 2.75) is 75.2 Å². The maximum Gasteiger partial charge on any atom is 0.471 e. The minimum absolute atomic E-state index is 0.0229. The van der Waals surface area contributed by atoms with Crippen LogP contribution >= 0.6 is 0 Å². The van der Waals surface area contributed by atoms with Gasteiger partial charge in [-0.15, -0.1) is 0 Å². The Balaban J connectivity index is 1.23. The Morgan fingerprint density at radius 2 is 1.63 bits per heavy atom. The van der Waals surface area contributed by atoms with Gasteiger partial charge in [-0.3, -0.25) is 9.69 Å². The highest BCUT2D eigenvalue weighted by atomic mass is 32.2. The van der Waals surface area contributed by atoms with Gasteiger partial charge in [-0.25, -0.2) is 13.2 Å². The molecule has 2 saturated heterocycles. The topological polar surface area (TPSA) is 87.2 Å². The second-order valence-corrected chi connectivity index (χ2v) is 14.1. The van der Waals surface area contributed by atoms with Crippen LogP contribution in [0.5, 0.6) is 0 Å². The lowest BCUT2D eigenvalue weighted by Gasteiger charge is -2.37. The van der Waals surface area contributed by atoms with Crippen molar-refractivity contribution in [2.24, 2.45) is 0 Å². The van der Waals surface area contributed by atoms with E-state index in [1.807, 2.05) is 12.1 Å². The van der Waals surface area contributed by atoms with Crippen LogP contribution in [0, 0.1) is 0 Å². The van der Waals surface area contributed by atoms with Gasteiger partial charge in [0.15, 0.2) is 0 Å². The summed E-state index contributed by atoms with van der Waals surface area (Å²) in [6.45, 7) is 7.06. The number of sulfonamides is 1. The van der Waals surface area contributed by atoms with E-state index >= 15 is 0 Å². The Bertz CT molecular complexity index is 1440. The van der Waals surface area contributed by atoms with Gasteiger partial charge in [-0.1, -0.05) is 51.1 Å². The van der Waals surface area contributed by atoms with Crippen LogP contribution in [0.4, 0.5) is 18.0 Å². The van der Waals surface area contributed by atoms with Gasteiger partial charge in [0, 0.05) is 45.6 Å². The fourth-order valence-electron chi connectivity index (χ4n) is 5.74. The molecule has 0 radical (unpaired) electrons. The number of carbonyl (C=O) groups excluding carboxylic acids is 2. The molecule has 2 amide bonds. The lowest BCUT2D eigenvalue weighted by molar-refractivity contribution is -0.186. The normalized spacial score (nSPS) is 19.8. The van der Waals surface area contributed by atoms with Crippen molar-refractivity contribution >= 4 is 22.0 Å². The maximum atomic E-state index is 13.5. The minimum Gasteiger partial charge on any atom is -0.441 e. The maximum absolute atomic E-state index is 13.5. The summed E-state index contributed by atoms with van der Waals surface area (Å²) in [6.07, 6.45) is -4.53. The van der Waals surface area contributed by atoms with Crippen molar-refractivity contribution in [3.8, 4) is 0 Å². The molecule has 3 aliphatic rings. The number of hydrogen-bond donors (Lipinski definition) is 0. The molecule has 0 unspecified atom stereocenters. The molecule has 0 saturated carbocycles. The summed E-state index contributed by atoms with van der Waals surface area (Å²) in [6, 6.07) is 12.6. The highest BCUT2D eigenvalue weighted by Crippen LogP contribution is 2.36. The smallest absolute Gasteiger partial charge is 0.441 e. The van der Waals surface area contributed by atoms with Crippen LogP contribution in [0.1, 0.15) is 55.9 Å². The second-order valence-electron chi connectivity index (χ2n) is 12.2. The first-order chi connectivity index (χ1) is 19.1. The molecule has 2 aromatic carbocycles. The van der Waals surface area contributed by atoms with Crippen molar-refractivity contribution in [2.75, 3.05) is 26.2 Å². The molecule has 8 nitrogen and oxygen atoms in total. The quantitative estimate of drug-likeness (QED) is 0.517. The van der Waals surface area contributed by atoms with Crippen LogP contribution in [-0.4, -0.2) is 72.5 Å². The zero-order valence-corrected chi connectivity index (χ0v) is 24.1. The predicted molar refractivity (Wildman–Crippen MR) is 144 cm³/mol. The van der Waals surface area contributed by atoms with Gasteiger partial charge >= 0.3 is 18.2 Å². The fourth-order valence-corrected chi connectivity index (χ4v) is 7.23. The average molecular weight is 594 g/mol. The number of nitrogens with zero attached hydrogens (tertiary/aromatic N) is 3. The molecular formula is C29H34F3N3O5S. The lowest BCUT2D eigenvalue weighted by Crippen LogP contribution is -2.48. The van der Waals surface area contributed by atoms with E-state index in [9.17, 15) is 31.2 Å². The van der Waals surface area contributed by atoms with Crippen molar-refractivity contribution in [3.05, 3.63) is 64.7 Å². The molecule has 2 fully saturated rings. The molecule has 3 aliphatic heterocycles. The number of halogens is 3. The van der Waals surface area contributed by atoms with Gasteiger partial charge in [-0.2, -0.15) is 17.5 Å². The number of rotatable bonds is 4. The van der Waals surface area contributed by atoms with E-state index in [2.05, 4.69) is 32.9 Å². The van der Waals surface area contributed by atoms with Crippen molar-refractivity contribution < 1.29 is 35.9 Å². The fraction of sp³-hybridized carbons (Fsp3) is 0.517. The minimum atomic E-state index is -4.99. The van der Waals surface area contributed by atoms with E-state index in [0.717, 1.165) is 11.1 Å². The molecule has 5 rings (SSSR count). The number of carbonyl (C=O) groups is 2. The largest absolute Gasteiger partial charge is 0.471 e. The van der Waals surface area contributed by atoms with E-state index in [1.54, 1.807) is 11.0 Å². The van der Waals surface area contributed by atoms with E-state index in [-0.39, 0.29) is 42.9 Å². The summed E-state index contributed by atoms with van der Waals surface area (Å²) in [7, 11) is -3.95. The lowest BCUT2D eigenvalue weighted by atomic mass is 9.86. The third kappa shape index (κ3) is 5.94. The van der Waals surface area contributed by atoms with E-state index in [4.69, 9.17) is 4.74 Å². The van der Waals surface area contributed by atoms with Gasteiger partial charge in [-0.05, 0) is 46.2 Å². The zero-order valence-electron chi connectivity index (χ0n) is 23.3. The van der Waals surface area contributed by atoms with Gasteiger partial charge in [0.25, 0.3) is 0 Å². The Morgan fingerprint density at radius 3 is 2.24 bits per heavy atom. The van der Waals surface area contributed by atoms with Gasteiger partial charge in [0.2, 0.25) is 10.0 Å². The summed E-state index contributed by atoms with van der Waals surface area (Å²) in [4.78, 5) is 26.8. The highest BCUT2D eigenvalue weighted by Gasteiger charge is 2.48. The molecule has 0 N–H and O–H groups in total. The Morgan fingerprint density at radius 1 is 0.976 bits per heavy atom. The first kappa shape index (κ1) is 29.4. The molecule has 3 heterocycles. The Hall–Kier alpha value is -3.12. The number of hydrogen-bond acceptors (Lipinski definition) is 5. The summed E-state index contributed by atoms with van der Waals surface area (Å²) < 4.78 is 72.8. The van der Waals surface area contributed by atoms with Crippen LogP contribution < -0.4 is 0 Å². The van der Waals surface area contributed by atoms with Crippen LogP contribution in [0.2, 0.25) is 0 Å². The zero-order chi connectivity index (χ0) is 29.8. The van der Waals surface area contributed by atoms with Crippen molar-refractivity contribution in [3.63, 3.8) is 0 Å². The molecule has 0 aliphatic carbocycles. The van der Waals surface area contributed by atoms with Gasteiger partial charge in [0.1, 0.15) is 5.60 Å². The average Bonchev–Trinajstić information content (AvgIpc) is 3.20. The van der Waals surface area contributed by atoms with Crippen molar-refractivity contribution in [1.82, 2.24) is 14.1 Å². The molecule has 12 heteroatoms. The van der Waals surface area contributed by atoms with Crippen LogP contribution in [0.25, 0.3) is 0 Å². The SMILES string of the molecule is CC(C)(C)c1ccc(CN2CC3(CCN(S(=O)(=O)c4ccc5c(c4)CN(C(=O)C(F)(F)F)CC5)CC3)OC2=O)cc1. The number of amides is 2. The molecule has 0 atom stereocenters. The summed E-state index contributed by atoms with van der Waals surface area (Å²) >= 11 is 0. The molecule has 222 valence electrons. The number of piperidine rings is 1. The monoisotopic (exact) mass is 593 g/mol. The summed E-state index contributed by atoms with van der Waals surface area (Å²) in [5.41, 5.74) is 2.53. The number of ether oxygens (including phenoxy) is 1. The molecule has 1 spiro atoms. The predicted octanol–water partition coefficient (Wildman–Crippen LogP) is 4.61. The van der Waals surface area contributed by atoms with Gasteiger partial charge in [0.05, 0.1) is 11.4 Å². The van der Waals surface area contributed by atoms with Crippen molar-refractivity contribution in [1.29, 1.82) is 0 Å². The Kier molecular flexibility index (Phi) is 7.38. The summed E-state index contributed by atoms with van der Waals surface area (Å²) in [5, 5.41) is 0. The highest BCUT2D eigenvalue weighted by molar-refractivity contribution is 7.89. The first-order valence-corrected chi connectivity index (χ1v) is 15.1.